The number of hydrogen-bond donors (Lipinski definition) is 1. The van der Waals surface area contributed by atoms with E-state index >= 15 is 0 Å². The molecule has 0 aliphatic rings. The van der Waals surface area contributed by atoms with Gasteiger partial charge in [0.05, 0.1) is 33.0 Å². The highest BCUT2D eigenvalue weighted by Crippen LogP contribution is 2.39. The van der Waals surface area contributed by atoms with E-state index in [1.165, 1.54) is 0 Å². The molecular weight excluding hydrogens is 208 g/mol. The molecule has 1 aromatic rings. The molecule has 0 spiro atoms. The van der Waals surface area contributed by atoms with Crippen LogP contribution in [-0.2, 0) is 0 Å². The van der Waals surface area contributed by atoms with Crippen LogP contribution in [0.25, 0.3) is 0 Å². The third-order valence-electron chi connectivity index (χ3n) is 2.47. The first-order chi connectivity index (χ1) is 7.67. The average Bonchev–Trinajstić information content (AvgIpc) is 2.35. The second-order valence-corrected chi connectivity index (χ2v) is 3.37. The van der Waals surface area contributed by atoms with Crippen LogP contribution in [0.2, 0.25) is 0 Å². The summed E-state index contributed by atoms with van der Waals surface area (Å²) >= 11 is 0. The highest BCUT2D eigenvalue weighted by atomic mass is 16.5. The van der Waals surface area contributed by atoms with Crippen LogP contribution in [0.3, 0.4) is 0 Å². The normalized spacial score (nSPS) is 12.1. The minimum atomic E-state index is -0.601. The van der Waals surface area contributed by atoms with Crippen molar-refractivity contribution in [3.05, 3.63) is 17.7 Å². The van der Waals surface area contributed by atoms with E-state index in [0.717, 1.165) is 0 Å². The van der Waals surface area contributed by atoms with Crippen LogP contribution in [0.4, 0.5) is 0 Å². The van der Waals surface area contributed by atoms with E-state index in [9.17, 15) is 5.11 Å². The van der Waals surface area contributed by atoms with Crippen molar-refractivity contribution < 1.29 is 19.3 Å². The number of hydrogen-bond acceptors (Lipinski definition) is 4. The first-order valence-corrected chi connectivity index (χ1v) is 5.15. The van der Waals surface area contributed by atoms with Crippen molar-refractivity contribution in [3.8, 4) is 17.2 Å². The molecule has 0 radical (unpaired) electrons. The minimum Gasteiger partial charge on any atom is -0.496 e. The molecule has 4 nitrogen and oxygen atoms in total. The maximum absolute atomic E-state index is 9.92. The molecule has 0 aromatic heterocycles. The first-order valence-electron chi connectivity index (χ1n) is 5.15. The maximum Gasteiger partial charge on any atom is 0.132 e. The monoisotopic (exact) mass is 226 g/mol. The van der Waals surface area contributed by atoms with Crippen molar-refractivity contribution in [2.75, 3.05) is 21.3 Å². The van der Waals surface area contributed by atoms with Crippen molar-refractivity contribution in [2.45, 2.75) is 19.4 Å². The van der Waals surface area contributed by atoms with Gasteiger partial charge in [-0.15, -0.1) is 0 Å². The lowest BCUT2D eigenvalue weighted by molar-refractivity contribution is 0.164. The quantitative estimate of drug-likeness (QED) is 0.835. The van der Waals surface area contributed by atoms with Gasteiger partial charge in [0, 0.05) is 12.1 Å². The summed E-state index contributed by atoms with van der Waals surface area (Å²) in [6.45, 7) is 1.90. The lowest BCUT2D eigenvalue weighted by atomic mass is 10.0. The van der Waals surface area contributed by atoms with Gasteiger partial charge in [-0.25, -0.2) is 0 Å². The Kier molecular flexibility index (Phi) is 4.43. The fraction of sp³-hybridized carbons (Fsp3) is 0.500. The lowest BCUT2D eigenvalue weighted by Crippen LogP contribution is -2.03. The Hall–Kier alpha value is -1.42. The predicted octanol–water partition coefficient (Wildman–Crippen LogP) is 2.16. The van der Waals surface area contributed by atoms with Crippen LogP contribution < -0.4 is 14.2 Å². The van der Waals surface area contributed by atoms with E-state index in [2.05, 4.69) is 0 Å². The van der Waals surface area contributed by atoms with Crippen molar-refractivity contribution in [1.29, 1.82) is 0 Å². The zero-order valence-corrected chi connectivity index (χ0v) is 10.1. The summed E-state index contributed by atoms with van der Waals surface area (Å²) in [5, 5.41) is 9.92. The zero-order chi connectivity index (χ0) is 12.1. The molecule has 16 heavy (non-hydrogen) atoms. The highest BCUT2D eigenvalue weighted by Gasteiger charge is 2.19. The Morgan fingerprint density at radius 3 is 1.88 bits per heavy atom. The molecule has 1 unspecified atom stereocenters. The second kappa shape index (κ2) is 5.61. The van der Waals surface area contributed by atoms with Crippen molar-refractivity contribution in [1.82, 2.24) is 0 Å². The molecule has 0 bridgehead atoms. The molecule has 1 aromatic carbocycles. The SMILES string of the molecule is CCC(O)c1c(OC)cc(OC)cc1OC. The molecule has 0 amide bonds. The van der Waals surface area contributed by atoms with Gasteiger partial charge in [0.1, 0.15) is 17.2 Å². The third kappa shape index (κ3) is 2.39. The number of benzene rings is 1. The third-order valence-corrected chi connectivity index (χ3v) is 2.47. The number of methoxy groups -OCH3 is 3. The zero-order valence-electron chi connectivity index (χ0n) is 10.1. The average molecular weight is 226 g/mol. The van der Waals surface area contributed by atoms with Gasteiger partial charge in [-0.2, -0.15) is 0 Å². The molecule has 1 atom stereocenters. The van der Waals surface area contributed by atoms with Gasteiger partial charge in [0.25, 0.3) is 0 Å². The van der Waals surface area contributed by atoms with Gasteiger partial charge >= 0.3 is 0 Å². The van der Waals surface area contributed by atoms with E-state index < -0.39 is 6.10 Å². The van der Waals surface area contributed by atoms with E-state index in [0.29, 0.717) is 29.2 Å². The molecule has 1 N–H and O–H groups in total. The summed E-state index contributed by atoms with van der Waals surface area (Å²) in [6, 6.07) is 3.47. The Bertz CT molecular complexity index is 324. The summed E-state index contributed by atoms with van der Waals surface area (Å²) in [6.07, 6.45) is -0.00483. The van der Waals surface area contributed by atoms with Gasteiger partial charge in [0.15, 0.2) is 0 Å². The van der Waals surface area contributed by atoms with E-state index in [-0.39, 0.29) is 0 Å². The van der Waals surface area contributed by atoms with E-state index in [1.807, 2.05) is 6.92 Å². The van der Waals surface area contributed by atoms with Crippen LogP contribution in [0, 0.1) is 0 Å². The highest BCUT2D eigenvalue weighted by molar-refractivity contribution is 5.51. The Morgan fingerprint density at radius 1 is 1.06 bits per heavy atom. The summed E-state index contributed by atoms with van der Waals surface area (Å²) in [5.74, 6) is 1.79. The van der Waals surface area contributed by atoms with Gasteiger partial charge in [-0.3, -0.25) is 0 Å². The van der Waals surface area contributed by atoms with Gasteiger partial charge in [-0.05, 0) is 6.42 Å². The molecule has 0 aliphatic carbocycles. The molecule has 4 heteroatoms. The van der Waals surface area contributed by atoms with Gasteiger partial charge < -0.3 is 19.3 Å². The number of aliphatic hydroxyl groups excluding tert-OH is 1. The van der Waals surface area contributed by atoms with Gasteiger partial charge in [0.2, 0.25) is 0 Å². The topological polar surface area (TPSA) is 47.9 Å². The van der Waals surface area contributed by atoms with Crippen molar-refractivity contribution in [3.63, 3.8) is 0 Å². The Balaban J connectivity index is 3.31. The van der Waals surface area contributed by atoms with Crippen molar-refractivity contribution >= 4 is 0 Å². The summed E-state index contributed by atoms with van der Waals surface area (Å²) in [4.78, 5) is 0. The summed E-state index contributed by atoms with van der Waals surface area (Å²) < 4.78 is 15.6. The summed E-state index contributed by atoms with van der Waals surface area (Å²) in [7, 11) is 4.68. The number of rotatable bonds is 5. The molecule has 0 aliphatic heterocycles. The lowest BCUT2D eigenvalue weighted by Gasteiger charge is -2.18. The smallest absolute Gasteiger partial charge is 0.132 e. The van der Waals surface area contributed by atoms with Crippen LogP contribution >= 0.6 is 0 Å². The standard InChI is InChI=1S/C12H18O4/c1-5-9(13)12-10(15-3)6-8(14-2)7-11(12)16-4/h6-7,9,13H,5H2,1-4H3. The molecule has 0 saturated heterocycles. The van der Waals surface area contributed by atoms with Crippen LogP contribution in [-0.4, -0.2) is 26.4 Å². The molecular formula is C12H18O4. The fourth-order valence-electron chi connectivity index (χ4n) is 1.57. The largest absolute Gasteiger partial charge is 0.496 e. The number of ether oxygens (including phenoxy) is 3. The predicted molar refractivity (Wildman–Crippen MR) is 61.3 cm³/mol. The van der Waals surface area contributed by atoms with Crippen LogP contribution in [0.15, 0.2) is 12.1 Å². The van der Waals surface area contributed by atoms with E-state index in [4.69, 9.17) is 14.2 Å². The van der Waals surface area contributed by atoms with Crippen LogP contribution in [0.5, 0.6) is 17.2 Å². The van der Waals surface area contributed by atoms with E-state index in [1.54, 1.807) is 33.5 Å². The molecule has 90 valence electrons. The molecule has 0 fully saturated rings. The van der Waals surface area contributed by atoms with Crippen molar-refractivity contribution in [2.24, 2.45) is 0 Å². The molecule has 0 heterocycles. The van der Waals surface area contributed by atoms with Gasteiger partial charge in [-0.1, -0.05) is 6.92 Å². The second-order valence-electron chi connectivity index (χ2n) is 3.37. The first kappa shape index (κ1) is 12.6. The molecule has 1 rings (SSSR count). The summed E-state index contributed by atoms with van der Waals surface area (Å²) in [5.41, 5.74) is 0.660. The Labute approximate surface area is 95.8 Å². The van der Waals surface area contributed by atoms with Crippen LogP contribution in [0.1, 0.15) is 25.0 Å². The fourth-order valence-corrected chi connectivity index (χ4v) is 1.57. The minimum absolute atomic E-state index is 0.575. The Morgan fingerprint density at radius 2 is 1.56 bits per heavy atom. The maximum atomic E-state index is 9.92. The molecule has 0 saturated carbocycles. The number of aliphatic hydroxyl groups is 1.